The second kappa shape index (κ2) is 8.25. The van der Waals surface area contributed by atoms with E-state index in [1.54, 1.807) is 0 Å². The Balaban J connectivity index is 2.03. The summed E-state index contributed by atoms with van der Waals surface area (Å²) in [6.45, 7) is 7.67. The van der Waals surface area contributed by atoms with Crippen molar-refractivity contribution in [2.45, 2.75) is 33.2 Å². The highest BCUT2D eigenvalue weighted by Gasteiger charge is 1.93. The fourth-order valence-corrected chi connectivity index (χ4v) is 1.44. The Morgan fingerprint density at radius 1 is 1.31 bits per heavy atom. The number of aromatic nitrogens is 1. The smallest absolute Gasteiger partial charge is 0.0591 e. The molecule has 0 unspecified atom stereocenters. The maximum absolute atomic E-state index is 5.46. The monoisotopic (exact) mass is 222 g/mol. The number of hydrogen-bond acceptors (Lipinski definition) is 3. The van der Waals surface area contributed by atoms with Crippen molar-refractivity contribution in [1.29, 1.82) is 0 Å². The first-order chi connectivity index (χ1) is 7.83. The Hall–Kier alpha value is -0.930. The second-order valence-electron chi connectivity index (χ2n) is 4.01. The number of unbranched alkanes of at least 4 members (excludes halogenated alkanes) is 1. The van der Waals surface area contributed by atoms with Crippen molar-refractivity contribution >= 4 is 0 Å². The van der Waals surface area contributed by atoms with Crippen LogP contribution in [0.4, 0.5) is 0 Å². The molecule has 0 atom stereocenters. The van der Waals surface area contributed by atoms with Crippen molar-refractivity contribution in [1.82, 2.24) is 10.3 Å². The van der Waals surface area contributed by atoms with E-state index in [1.807, 2.05) is 12.4 Å². The molecule has 0 spiro atoms. The number of ether oxygens (including phenoxy) is 1. The van der Waals surface area contributed by atoms with Crippen LogP contribution in [0, 0.1) is 6.92 Å². The van der Waals surface area contributed by atoms with Crippen LogP contribution in [-0.2, 0) is 11.3 Å². The topological polar surface area (TPSA) is 34.1 Å². The van der Waals surface area contributed by atoms with Gasteiger partial charge in [0.05, 0.1) is 6.61 Å². The van der Waals surface area contributed by atoms with E-state index in [4.69, 9.17) is 4.74 Å². The van der Waals surface area contributed by atoms with Crippen LogP contribution in [0.15, 0.2) is 18.5 Å². The van der Waals surface area contributed by atoms with Crippen LogP contribution < -0.4 is 5.32 Å². The largest absolute Gasteiger partial charge is 0.380 e. The molecule has 0 aromatic carbocycles. The Kier molecular flexibility index (Phi) is 6.77. The summed E-state index contributed by atoms with van der Waals surface area (Å²) in [5.41, 5.74) is 2.44. The van der Waals surface area contributed by atoms with E-state index in [0.717, 1.165) is 32.7 Å². The molecule has 90 valence electrons. The third-order valence-corrected chi connectivity index (χ3v) is 2.33. The number of nitrogens with one attached hydrogen (secondary N) is 1. The molecule has 3 heteroatoms. The van der Waals surface area contributed by atoms with E-state index in [-0.39, 0.29) is 0 Å². The molecule has 1 heterocycles. The van der Waals surface area contributed by atoms with Gasteiger partial charge in [-0.05, 0) is 24.5 Å². The van der Waals surface area contributed by atoms with E-state index in [0.29, 0.717) is 0 Å². The molecule has 1 aromatic rings. The summed E-state index contributed by atoms with van der Waals surface area (Å²) >= 11 is 0. The Morgan fingerprint density at radius 3 is 2.94 bits per heavy atom. The quantitative estimate of drug-likeness (QED) is 0.685. The minimum atomic E-state index is 0.791. The first-order valence-corrected chi connectivity index (χ1v) is 6.02. The molecule has 1 N–H and O–H groups in total. The number of rotatable bonds is 8. The highest BCUT2D eigenvalue weighted by atomic mass is 16.5. The first kappa shape index (κ1) is 13.1. The maximum Gasteiger partial charge on any atom is 0.0591 e. The van der Waals surface area contributed by atoms with Gasteiger partial charge in [0.1, 0.15) is 0 Å². The van der Waals surface area contributed by atoms with Gasteiger partial charge in [0.15, 0.2) is 0 Å². The normalized spacial score (nSPS) is 10.6. The lowest BCUT2D eigenvalue weighted by Gasteiger charge is -2.06. The molecule has 0 aliphatic carbocycles. The maximum atomic E-state index is 5.46. The van der Waals surface area contributed by atoms with Gasteiger partial charge >= 0.3 is 0 Å². The van der Waals surface area contributed by atoms with Gasteiger partial charge in [0.25, 0.3) is 0 Å². The number of hydrogen-bond donors (Lipinski definition) is 1. The van der Waals surface area contributed by atoms with Gasteiger partial charge < -0.3 is 10.1 Å². The van der Waals surface area contributed by atoms with Crippen LogP contribution in [0.1, 0.15) is 30.9 Å². The Labute approximate surface area is 98.2 Å². The van der Waals surface area contributed by atoms with Crippen LogP contribution in [-0.4, -0.2) is 24.7 Å². The lowest BCUT2D eigenvalue weighted by molar-refractivity contribution is 0.133. The van der Waals surface area contributed by atoms with Gasteiger partial charge in [-0.15, -0.1) is 0 Å². The third kappa shape index (κ3) is 5.83. The number of aryl methyl sites for hydroxylation is 1. The zero-order valence-corrected chi connectivity index (χ0v) is 10.3. The Bertz CT molecular complexity index is 289. The number of pyridine rings is 1. The van der Waals surface area contributed by atoms with Crippen molar-refractivity contribution in [2.75, 3.05) is 19.8 Å². The van der Waals surface area contributed by atoms with Gasteiger partial charge in [-0.3, -0.25) is 4.98 Å². The summed E-state index contributed by atoms with van der Waals surface area (Å²) in [5, 5.41) is 3.34. The number of nitrogens with zero attached hydrogens (tertiary/aromatic N) is 1. The van der Waals surface area contributed by atoms with Gasteiger partial charge in [-0.1, -0.05) is 19.4 Å². The van der Waals surface area contributed by atoms with Crippen molar-refractivity contribution < 1.29 is 4.74 Å². The third-order valence-electron chi connectivity index (χ3n) is 2.33. The average Bonchev–Trinajstić information content (AvgIpc) is 2.28. The molecule has 0 radical (unpaired) electrons. The second-order valence-corrected chi connectivity index (χ2v) is 4.01. The van der Waals surface area contributed by atoms with Gasteiger partial charge in [0.2, 0.25) is 0 Å². The zero-order chi connectivity index (χ0) is 11.6. The lowest BCUT2D eigenvalue weighted by atomic mass is 10.2. The van der Waals surface area contributed by atoms with Crippen molar-refractivity contribution in [3.8, 4) is 0 Å². The molecular formula is C13H22N2O. The van der Waals surface area contributed by atoms with Gasteiger partial charge in [-0.2, -0.15) is 0 Å². The molecule has 0 bridgehead atoms. The van der Waals surface area contributed by atoms with Crippen molar-refractivity contribution in [2.24, 2.45) is 0 Å². The van der Waals surface area contributed by atoms with E-state index >= 15 is 0 Å². The van der Waals surface area contributed by atoms with Crippen LogP contribution in [0.2, 0.25) is 0 Å². The molecule has 0 aliphatic heterocycles. The fourth-order valence-electron chi connectivity index (χ4n) is 1.44. The van der Waals surface area contributed by atoms with E-state index in [1.165, 1.54) is 17.5 Å². The predicted molar refractivity (Wildman–Crippen MR) is 66.4 cm³/mol. The van der Waals surface area contributed by atoms with Crippen molar-refractivity contribution in [3.63, 3.8) is 0 Å². The first-order valence-electron chi connectivity index (χ1n) is 6.02. The lowest BCUT2D eigenvalue weighted by Crippen LogP contribution is -2.19. The Morgan fingerprint density at radius 2 is 2.19 bits per heavy atom. The van der Waals surface area contributed by atoms with Crippen LogP contribution in [0.25, 0.3) is 0 Å². The molecule has 1 aromatic heterocycles. The fraction of sp³-hybridized carbons (Fsp3) is 0.615. The molecule has 16 heavy (non-hydrogen) atoms. The van der Waals surface area contributed by atoms with Crippen molar-refractivity contribution in [3.05, 3.63) is 29.6 Å². The van der Waals surface area contributed by atoms with E-state index in [9.17, 15) is 0 Å². The van der Waals surface area contributed by atoms with Crippen LogP contribution in [0.5, 0.6) is 0 Å². The van der Waals surface area contributed by atoms with E-state index < -0.39 is 0 Å². The summed E-state index contributed by atoms with van der Waals surface area (Å²) in [5.74, 6) is 0. The highest BCUT2D eigenvalue weighted by Crippen LogP contribution is 1.99. The average molecular weight is 222 g/mol. The summed E-state index contributed by atoms with van der Waals surface area (Å²) in [4.78, 5) is 4.15. The predicted octanol–water partition coefficient (Wildman–Crippen LogP) is 2.30. The molecule has 0 aliphatic rings. The minimum Gasteiger partial charge on any atom is -0.380 e. The molecule has 0 saturated heterocycles. The van der Waals surface area contributed by atoms with Gasteiger partial charge in [-0.25, -0.2) is 0 Å². The van der Waals surface area contributed by atoms with Crippen LogP contribution >= 0.6 is 0 Å². The van der Waals surface area contributed by atoms with E-state index in [2.05, 4.69) is 30.2 Å². The molecule has 0 amide bonds. The highest BCUT2D eigenvalue weighted by molar-refractivity contribution is 5.16. The molecular weight excluding hydrogens is 200 g/mol. The summed E-state index contributed by atoms with van der Waals surface area (Å²) in [6.07, 6.45) is 6.12. The SMILES string of the molecule is CCCCOCCNCc1cncc(C)c1. The summed E-state index contributed by atoms with van der Waals surface area (Å²) < 4.78 is 5.46. The molecule has 1 rings (SSSR count). The molecule has 0 fully saturated rings. The molecule has 0 saturated carbocycles. The minimum absolute atomic E-state index is 0.791. The summed E-state index contributed by atoms with van der Waals surface area (Å²) in [7, 11) is 0. The van der Waals surface area contributed by atoms with Crippen LogP contribution in [0.3, 0.4) is 0 Å². The molecule has 3 nitrogen and oxygen atoms in total. The standard InChI is InChI=1S/C13H22N2O/c1-3-4-6-16-7-5-14-10-13-8-12(2)9-15-11-13/h8-9,11,14H,3-7,10H2,1-2H3. The zero-order valence-electron chi connectivity index (χ0n) is 10.3. The summed E-state index contributed by atoms with van der Waals surface area (Å²) in [6, 6.07) is 2.15. The van der Waals surface area contributed by atoms with Gasteiger partial charge in [0, 0.05) is 32.1 Å².